The molecule has 1 N–H and O–H groups in total. The Morgan fingerprint density at radius 1 is 1.44 bits per heavy atom. The van der Waals surface area contributed by atoms with E-state index in [0.717, 1.165) is 32.0 Å². The van der Waals surface area contributed by atoms with Crippen LogP contribution in [0.1, 0.15) is 38.1 Å². The summed E-state index contributed by atoms with van der Waals surface area (Å²) < 4.78 is 3.29. The molecule has 16 heavy (non-hydrogen) atoms. The first-order chi connectivity index (χ1) is 7.76. The van der Waals surface area contributed by atoms with Crippen molar-refractivity contribution >= 4 is 15.9 Å². The fourth-order valence-corrected chi connectivity index (χ4v) is 2.61. The first kappa shape index (κ1) is 12.1. The van der Waals surface area contributed by atoms with E-state index in [1.165, 1.54) is 28.7 Å². The number of rotatable bonds is 6. The van der Waals surface area contributed by atoms with E-state index in [2.05, 4.69) is 44.9 Å². The Bertz CT molecular complexity index is 355. The second-order valence-electron chi connectivity index (χ2n) is 4.45. The fourth-order valence-electron chi connectivity index (χ4n) is 1.90. The van der Waals surface area contributed by atoms with Gasteiger partial charge in [-0.3, -0.25) is 4.68 Å². The Balaban J connectivity index is 2.01. The Hall–Kier alpha value is -0.350. The van der Waals surface area contributed by atoms with Crippen molar-refractivity contribution in [3.63, 3.8) is 0 Å². The van der Waals surface area contributed by atoms with Crippen LogP contribution in [0.5, 0.6) is 0 Å². The summed E-state index contributed by atoms with van der Waals surface area (Å²) in [5.41, 5.74) is 2.46. The molecule has 0 aromatic carbocycles. The van der Waals surface area contributed by atoms with Crippen molar-refractivity contribution < 1.29 is 0 Å². The van der Waals surface area contributed by atoms with Gasteiger partial charge in [0.15, 0.2) is 0 Å². The van der Waals surface area contributed by atoms with Gasteiger partial charge in [0.05, 0.1) is 15.9 Å². The van der Waals surface area contributed by atoms with Crippen LogP contribution in [-0.2, 0) is 19.5 Å². The molecule has 1 aromatic rings. The second kappa shape index (κ2) is 5.32. The molecule has 0 atom stereocenters. The Morgan fingerprint density at radius 3 is 2.75 bits per heavy atom. The van der Waals surface area contributed by atoms with Crippen LogP contribution >= 0.6 is 15.9 Å². The van der Waals surface area contributed by atoms with Gasteiger partial charge in [0.1, 0.15) is 0 Å². The topological polar surface area (TPSA) is 29.9 Å². The quantitative estimate of drug-likeness (QED) is 0.871. The highest BCUT2D eigenvalue weighted by atomic mass is 79.9. The van der Waals surface area contributed by atoms with E-state index in [-0.39, 0.29) is 0 Å². The molecule has 1 aromatic heterocycles. The molecule has 0 amide bonds. The van der Waals surface area contributed by atoms with Gasteiger partial charge in [0, 0.05) is 13.1 Å². The lowest BCUT2D eigenvalue weighted by Crippen LogP contribution is -2.19. The molecular formula is C12H20BrN3. The van der Waals surface area contributed by atoms with Crippen LogP contribution in [0.4, 0.5) is 0 Å². The minimum Gasteiger partial charge on any atom is -0.311 e. The molecule has 0 saturated heterocycles. The zero-order valence-electron chi connectivity index (χ0n) is 10.1. The molecule has 4 heteroatoms. The van der Waals surface area contributed by atoms with Gasteiger partial charge >= 0.3 is 0 Å². The van der Waals surface area contributed by atoms with Crippen molar-refractivity contribution in [1.29, 1.82) is 0 Å². The smallest absolute Gasteiger partial charge is 0.0767 e. The maximum absolute atomic E-state index is 4.59. The van der Waals surface area contributed by atoms with Gasteiger partial charge in [-0.25, -0.2) is 0 Å². The molecule has 1 fully saturated rings. The van der Waals surface area contributed by atoms with Gasteiger partial charge in [0.2, 0.25) is 0 Å². The molecule has 0 aliphatic heterocycles. The number of nitrogens with one attached hydrogen (secondary N) is 1. The predicted octanol–water partition coefficient (Wildman–Crippen LogP) is 2.73. The average molecular weight is 286 g/mol. The monoisotopic (exact) mass is 285 g/mol. The Morgan fingerprint density at radius 2 is 2.19 bits per heavy atom. The summed E-state index contributed by atoms with van der Waals surface area (Å²) in [5.74, 6) is 0.933. The highest BCUT2D eigenvalue weighted by Gasteiger charge is 2.21. The number of halogens is 1. The highest BCUT2D eigenvalue weighted by Crippen LogP contribution is 2.28. The summed E-state index contributed by atoms with van der Waals surface area (Å²) in [6.45, 7) is 7.32. The number of hydrogen-bond donors (Lipinski definition) is 1. The van der Waals surface area contributed by atoms with Crippen molar-refractivity contribution in [2.24, 2.45) is 5.92 Å². The maximum Gasteiger partial charge on any atom is 0.0767 e. The van der Waals surface area contributed by atoms with E-state index < -0.39 is 0 Å². The van der Waals surface area contributed by atoms with Crippen molar-refractivity contribution in [3.8, 4) is 0 Å². The number of aryl methyl sites for hydroxylation is 2. The summed E-state index contributed by atoms with van der Waals surface area (Å²) in [7, 11) is 0. The number of hydrogen-bond acceptors (Lipinski definition) is 2. The first-order valence-electron chi connectivity index (χ1n) is 6.21. The molecule has 1 heterocycles. The van der Waals surface area contributed by atoms with Crippen LogP contribution in [0, 0.1) is 5.92 Å². The minimum atomic E-state index is 0.928. The van der Waals surface area contributed by atoms with Crippen molar-refractivity contribution in [2.75, 3.05) is 6.54 Å². The predicted molar refractivity (Wildman–Crippen MR) is 69.4 cm³/mol. The van der Waals surface area contributed by atoms with Crippen LogP contribution in [0.15, 0.2) is 4.47 Å². The fraction of sp³-hybridized carbons (Fsp3) is 0.750. The van der Waals surface area contributed by atoms with Crippen molar-refractivity contribution in [2.45, 2.75) is 46.2 Å². The zero-order valence-corrected chi connectivity index (χ0v) is 11.7. The van der Waals surface area contributed by atoms with E-state index in [1.807, 2.05) is 0 Å². The number of aromatic nitrogens is 2. The van der Waals surface area contributed by atoms with Gasteiger partial charge in [0.25, 0.3) is 0 Å². The lowest BCUT2D eigenvalue weighted by molar-refractivity contribution is 0.564. The van der Waals surface area contributed by atoms with E-state index in [9.17, 15) is 0 Å². The maximum atomic E-state index is 4.59. The summed E-state index contributed by atoms with van der Waals surface area (Å²) in [4.78, 5) is 0. The third-order valence-electron chi connectivity index (χ3n) is 3.12. The van der Waals surface area contributed by atoms with Crippen LogP contribution in [0.3, 0.4) is 0 Å². The Kier molecular flexibility index (Phi) is 4.03. The zero-order chi connectivity index (χ0) is 11.5. The van der Waals surface area contributed by atoms with E-state index in [4.69, 9.17) is 0 Å². The van der Waals surface area contributed by atoms with Crippen LogP contribution in [0.25, 0.3) is 0 Å². The molecule has 0 spiro atoms. The molecule has 0 radical (unpaired) electrons. The second-order valence-corrected chi connectivity index (χ2v) is 5.24. The first-order valence-corrected chi connectivity index (χ1v) is 7.00. The summed E-state index contributed by atoms with van der Waals surface area (Å²) in [6, 6.07) is 0. The van der Waals surface area contributed by atoms with Gasteiger partial charge in [-0.1, -0.05) is 6.92 Å². The molecule has 1 aliphatic rings. The minimum absolute atomic E-state index is 0.928. The normalized spacial score (nSPS) is 15.7. The molecule has 2 rings (SSSR count). The molecule has 90 valence electrons. The van der Waals surface area contributed by atoms with Crippen molar-refractivity contribution in [3.05, 3.63) is 15.9 Å². The third-order valence-corrected chi connectivity index (χ3v) is 4.03. The lowest BCUT2D eigenvalue weighted by atomic mass is 10.3. The van der Waals surface area contributed by atoms with Gasteiger partial charge in [-0.2, -0.15) is 5.10 Å². The van der Waals surface area contributed by atoms with Crippen molar-refractivity contribution in [1.82, 2.24) is 15.1 Å². The molecule has 1 saturated carbocycles. The van der Waals surface area contributed by atoms with Crippen LogP contribution in [-0.4, -0.2) is 16.3 Å². The molecule has 0 bridgehead atoms. The number of nitrogens with zero attached hydrogens (tertiary/aromatic N) is 2. The van der Waals surface area contributed by atoms with Crippen LogP contribution < -0.4 is 5.32 Å². The third kappa shape index (κ3) is 2.66. The molecule has 0 unspecified atom stereocenters. The summed E-state index contributed by atoms with van der Waals surface area (Å²) in [5, 5.41) is 8.12. The Labute approximate surface area is 106 Å². The lowest BCUT2D eigenvalue weighted by Gasteiger charge is -2.06. The van der Waals surface area contributed by atoms with E-state index in [0.29, 0.717) is 0 Å². The SMILES string of the molecule is CCc1nn(CC)c(CNCC2CC2)c1Br. The van der Waals surface area contributed by atoms with Gasteiger partial charge in [-0.05, 0) is 54.6 Å². The summed E-state index contributed by atoms with van der Waals surface area (Å²) in [6.07, 6.45) is 3.80. The molecular weight excluding hydrogens is 266 g/mol. The largest absolute Gasteiger partial charge is 0.311 e. The summed E-state index contributed by atoms with van der Waals surface area (Å²) >= 11 is 3.66. The van der Waals surface area contributed by atoms with Crippen LogP contribution in [0.2, 0.25) is 0 Å². The standard InChI is InChI=1S/C12H20BrN3/c1-3-10-12(13)11(16(4-2)15-10)8-14-7-9-5-6-9/h9,14H,3-8H2,1-2H3. The highest BCUT2D eigenvalue weighted by molar-refractivity contribution is 9.10. The molecule has 3 nitrogen and oxygen atoms in total. The average Bonchev–Trinajstić information content (AvgIpc) is 3.05. The molecule has 1 aliphatic carbocycles. The van der Waals surface area contributed by atoms with E-state index in [1.54, 1.807) is 0 Å². The van der Waals surface area contributed by atoms with Gasteiger partial charge < -0.3 is 5.32 Å². The van der Waals surface area contributed by atoms with Gasteiger partial charge in [-0.15, -0.1) is 0 Å². The van der Waals surface area contributed by atoms with E-state index >= 15 is 0 Å².